The highest BCUT2D eigenvalue weighted by Crippen LogP contribution is 2.36. The molecule has 1 amide bonds. The van der Waals surface area contributed by atoms with Crippen molar-refractivity contribution in [3.8, 4) is 0 Å². The number of rotatable bonds is 6. The van der Waals surface area contributed by atoms with Crippen LogP contribution in [0.1, 0.15) is 33.0 Å². The van der Waals surface area contributed by atoms with Gasteiger partial charge in [0.1, 0.15) is 15.9 Å². The number of fused-ring (bicyclic) bond motifs is 2. The van der Waals surface area contributed by atoms with Crippen molar-refractivity contribution in [2.45, 2.75) is 23.0 Å². The summed E-state index contributed by atoms with van der Waals surface area (Å²) in [6.45, 7) is 0.798. The van der Waals surface area contributed by atoms with Gasteiger partial charge in [-0.15, -0.1) is 11.3 Å². The van der Waals surface area contributed by atoms with Crippen LogP contribution in [0.5, 0.6) is 0 Å². The SMILES string of the molecule is O=C(Cc1ccc(C2C(=O)Nc3cc4c(cc3C2=O)CCN4)cc1)CS(=O)(=O)c1ccc(Cl)s1. The van der Waals surface area contributed by atoms with Crippen molar-refractivity contribution < 1.29 is 22.8 Å². The molecule has 2 aliphatic rings. The predicted octanol–water partition coefficient (Wildman–Crippen LogP) is 3.87. The first-order valence-electron chi connectivity index (χ1n) is 10.6. The van der Waals surface area contributed by atoms with Crippen LogP contribution in [0.2, 0.25) is 4.34 Å². The number of carbonyl (C=O) groups excluding carboxylic acids is 3. The summed E-state index contributed by atoms with van der Waals surface area (Å²) in [5.41, 5.74) is 4.10. The second kappa shape index (κ2) is 8.65. The Morgan fingerprint density at radius 3 is 2.53 bits per heavy atom. The zero-order chi connectivity index (χ0) is 24.0. The van der Waals surface area contributed by atoms with Crippen LogP contribution in [0.3, 0.4) is 0 Å². The minimum Gasteiger partial charge on any atom is -0.384 e. The van der Waals surface area contributed by atoms with Crippen LogP contribution in [0.15, 0.2) is 52.7 Å². The molecule has 34 heavy (non-hydrogen) atoms. The van der Waals surface area contributed by atoms with E-state index in [0.29, 0.717) is 26.7 Å². The third kappa shape index (κ3) is 4.26. The molecule has 2 N–H and O–H groups in total. The number of hydrogen-bond acceptors (Lipinski definition) is 7. The highest BCUT2D eigenvalue weighted by atomic mass is 35.5. The molecule has 0 aliphatic carbocycles. The lowest BCUT2D eigenvalue weighted by atomic mass is 9.85. The molecule has 3 aromatic rings. The van der Waals surface area contributed by atoms with Gasteiger partial charge in [-0.25, -0.2) is 8.42 Å². The Morgan fingerprint density at radius 2 is 1.82 bits per heavy atom. The second-order valence-corrected chi connectivity index (χ2v) is 12.2. The number of benzene rings is 2. The van der Waals surface area contributed by atoms with Crippen LogP contribution in [-0.2, 0) is 32.3 Å². The van der Waals surface area contributed by atoms with Crippen LogP contribution < -0.4 is 10.6 Å². The monoisotopic (exact) mass is 514 g/mol. The molecule has 2 aliphatic heterocycles. The second-order valence-electron chi connectivity index (χ2n) is 8.29. The molecular weight excluding hydrogens is 496 g/mol. The molecule has 3 heterocycles. The summed E-state index contributed by atoms with van der Waals surface area (Å²) in [5, 5.41) is 6.07. The number of halogens is 1. The molecule has 1 aromatic heterocycles. The number of ketones is 2. The summed E-state index contributed by atoms with van der Waals surface area (Å²) >= 11 is 6.71. The number of Topliss-reactive ketones (excluding diaryl/α,β-unsaturated/α-hetero) is 2. The summed E-state index contributed by atoms with van der Waals surface area (Å²) in [7, 11) is -3.75. The minimum absolute atomic E-state index is 0.0599. The van der Waals surface area contributed by atoms with Gasteiger partial charge in [-0.1, -0.05) is 35.9 Å². The van der Waals surface area contributed by atoms with E-state index in [1.165, 1.54) is 12.1 Å². The molecule has 0 saturated heterocycles. The highest BCUT2D eigenvalue weighted by molar-refractivity contribution is 7.94. The van der Waals surface area contributed by atoms with Crippen LogP contribution in [0, 0.1) is 0 Å². The highest BCUT2D eigenvalue weighted by Gasteiger charge is 2.36. The normalized spacial score (nSPS) is 17.0. The lowest BCUT2D eigenvalue weighted by Crippen LogP contribution is -2.33. The number of thiophene rings is 1. The van der Waals surface area contributed by atoms with E-state index in [0.717, 1.165) is 35.6 Å². The molecule has 0 spiro atoms. The zero-order valence-electron chi connectivity index (χ0n) is 17.8. The van der Waals surface area contributed by atoms with Gasteiger partial charge < -0.3 is 10.6 Å². The van der Waals surface area contributed by atoms with E-state index in [-0.39, 0.29) is 16.4 Å². The Balaban J connectivity index is 1.31. The first-order chi connectivity index (χ1) is 16.2. The molecule has 174 valence electrons. The van der Waals surface area contributed by atoms with E-state index in [4.69, 9.17) is 11.6 Å². The van der Waals surface area contributed by atoms with Gasteiger partial charge in [0.15, 0.2) is 21.4 Å². The molecule has 7 nitrogen and oxygen atoms in total. The van der Waals surface area contributed by atoms with E-state index in [2.05, 4.69) is 10.6 Å². The quantitative estimate of drug-likeness (QED) is 0.483. The first kappa shape index (κ1) is 22.8. The Morgan fingerprint density at radius 1 is 1.06 bits per heavy atom. The molecule has 0 bridgehead atoms. The largest absolute Gasteiger partial charge is 0.384 e. The number of hydrogen-bond donors (Lipinski definition) is 2. The van der Waals surface area contributed by atoms with Gasteiger partial charge in [-0.2, -0.15) is 0 Å². The summed E-state index contributed by atoms with van der Waals surface area (Å²) < 4.78 is 25.2. The summed E-state index contributed by atoms with van der Waals surface area (Å²) in [4.78, 5) is 38.3. The Hall–Kier alpha value is -3.01. The molecule has 2 aromatic carbocycles. The fraction of sp³-hybridized carbons (Fsp3) is 0.208. The molecule has 0 fully saturated rings. The van der Waals surface area contributed by atoms with Gasteiger partial charge in [0, 0.05) is 24.2 Å². The fourth-order valence-electron chi connectivity index (χ4n) is 4.29. The van der Waals surface area contributed by atoms with Crippen molar-refractivity contribution in [1.29, 1.82) is 0 Å². The summed E-state index contributed by atoms with van der Waals surface area (Å²) in [6, 6.07) is 13.1. The average molecular weight is 515 g/mol. The Labute approximate surface area is 205 Å². The van der Waals surface area contributed by atoms with Gasteiger partial charge in [-0.05, 0) is 47.4 Å². The molecule has 5 rings (SSSR count). The maximum absolute atomic E-state index is 13.2. The van der Waals surface area contributed by atoms with Crippen molar-refractivity contribution in [2.24, 2.45) is 0 Å². The summed E-state index contributed by atoms with van der Waals surface area (Å²) in [6.07, 6.45) is 0.748. The van der Waals surface area contributed by atoms with Crippen LogP contribution in [0.4, 0.5) is 11.4 Å². The fourth-order valence-corrected chi connectivity index (χ4v) is 7.10. The Kier molecular flexibility index (Phi) is 5.79. The molecule has 0 saturated carbocycles. The van der Waals surface area contributed by atoms with Crippen LogP contribution >= 0.6 is 22.9 Å². The predicted molar refractivity (Wildman–Crippen MR) is 131 cm³/mol. The number of sulfone groups is 1. The van der Waals surface area contributed by atoms with E-state index in [9.17, 15) is 22.8 Å². The molecular formula is C24H19ClN2O5S2. The van der Waals surface area contributed by atoms with E-state index in [1.807, 2.05) is 6.07 Å². The maximum atomic E-state index is 13.2. The average Bonchev–Trinajstić information content (AvgIpc) is 3.42. The minimum atomic E-state index is -3.75. The van der Waals surface area contributed by atoms with Gasteiger partial charge >= 0.3 is 0 Å². The Bertz CT molecular complexity index is 1440. The topological polar surface area (TPSA) is 109 Å². The van der Waals surface area contributed by atoms with Crippen molar-refractivity contribution in [2.75, 3.05) is 22.9 Å². The van der Waals surface area contributed by atoms with Gasteiger partial charge in [0.2, 0.25) is 5.91 Å². The number of nitrogens with one attached hydrogen (secondary N) is 2. The molecule has 1 atom stereocenters. The summed E-state index contributed by atoms with van der Waals surface area (Å²) in [5.74, 6) is -2.72. The van der Waals surface area contributed by atoms with Crippen molar-refractivity contribution in [3.05, 3.63) is 75.1 Å². The van der Waals surface area contributed by atoms with Crippen LogP contribution in [0.25, 0.3) is 0 Å². The van der Waals surface area contributed by atoms with E-state index < -0.39 is 33.2 Å². The number of anilines is 2. The van der Waals surface area contributed by atoms with Crippen molar-refractivity contribution in [1.82, 2.24) is 0 Å². The number of amides is 1. The molecule has 1 unspecified atom stereocenters. The third-order valence-corrected chi connectivity index (χ3v) is 9.41. The van der Waals surface area contributed by atoms with Gasteiger partial charge in [0.05, 0.1) is 10.0 Å². The molecule has 10 heteroatoms. The zero-order valence-corrected chi connectivity index (χ0v) is 20.1. The van der Waals surface area contributed by atoms with Crippen molar-refractivity contribution in [3.63, 3.8) is 0 Å². The smallest absolute Gasteiger partial charge is 0.239 e. The van der Waals surface area contributed by atoms with E-state index >= 15 is 0 Å². The lowest BCUT2D eigenvalue weighted by Gasteiger charge is -2.24. The third-order valence-electron chi connectivity index (χ3n) is 5.92. The van der Waals surface area contributed by atoms with Crippen molar-refractivity contribution >= 4 is 61.6 Å². The molecule has 0 radical (unpaired) electrons. The number of carbonyl (C=O) groups is 3. The maximum Gasteiger partial charge on any atom is 0.239 e. The van der Waals surface area contributed by atoms with Gasteiger partial charge in [-0.3, -0.25) is 14.4 Å². The standard InChI is InChI=1S/C24H19ClN2O5S2/c25-20-5-6-21(33-20)34(31,32)12-16(28)9-13-1-3-14(4-2-13)22-23(29)17-10-15-7-8-26-18(15)11-19(17)27-24(22)30/h1-6,10-11,22,26H,7-9,12H2,(H,27,30). The van der Waals surface area contributed by atoms with E-state index in [1.54, 1.807) is 30.3 Å². The lowest BCUT2D eigenvalue weighted by molar-refractivity contribution is -0.117. The first-order valence-corrected chi connectivity index (χ1v) is 13.4. The van der Waals surface area contributed by atoms with Gasteiger partial charge in [0.25, 0.3) is 0 Å². The van der Waals surface area contributed by atoms with Crippen LogP contribution in [-0.4, -0.2) is 38.2 Å².